The molecule has 0 radical (unpaired) electrons. The van der Waals surface area contributed by atoms with Gasteiger partial charge >= 0.3 is 0 Å². The maximum Gasteiger partial charge on any atom is 0.0216 e. The number of hydrogen-bond acceptors (Lipinski definition) is 0. The number of hydrogen-bond donors (Lipinski definition) is 0. The molecule has 1 aliphatic carbocycles. The lowest BCUT2D eigenvalue weighted by molar-refractivity contribution is 0.487. The van der Waals surface area contributed by atoms with Crippen LogP contribution in [0.4, 0.5) is 0 Å². The Morgan fingerprint density at radius 1 is 1.11 bits per heavy atom. The lowest BCUT2D eigenvalue weighted by atomic mass is 9.83. The van der Waals surface area contributed by atoms with E-state index in [4.69, 9.17) is 0 Å². The molecule has 158 valence electrons. The highest BCUT2D eigenvalue weighted by molar-refractivity contribution is 8.43. The van der Waals surface area contributed by atoms with Crippen LogP contribution in [0.15, 0.2) is 47.4 Å². The molecule has 0 saturated carbocycles. The summed E-state index contributed by atoms with van der Waals surface area (Å²) >= 11 is 0. The largest absolute Gasteiger partial charge is 0.209 e. The van der Waals surface area contributed by atoms with Crippen molar-refractivity contribution in [1.82, 2.24) is 0 Å². The maximum absolute atomic E-state index is 2.71. The minimum Gasteiger partial charge on any atom is -0.209 e. The summed E-state index contributed by atoms with van der Waals surface area (Å²) in [6.45, 7) is 11.8. The third kappa shape index (κ3) is 4.89. The van der Waals surface area contributed by atoms with Crippen molar-refractivity contribution in [2.45, 2.75) is 90.1 Å². The molecule has 2 heterocycles. The van der Waals surface area contributed by atoms with Gasteiger partial charge in [-0.1, -0.05) is 89.0 Å². The molecule has 2 aliphatic heterocycles. The van der Waals surface area contributed by atoms with E-state index in [0.29, 0.717) is 5.92 Å². The van der Waals surface area contributed by atoms with Crippen LogP contribution in [0, 0.1) is 23.7 Å². The van der Waals surface area contributed by atoms with Gasteiger partial charge in [-0.2, -0.15) is 0 Å². The molecular formula is C27H44S. The van der Waals surface area contributed by atoms with Gasteiger partial charge in [0.05, 0.1) is 0 Å². The van der Waals surface area contributed by atoms with Crippen LogP contribution in [0.5, 0.6) is 0 Å². The molecule has 0 N–H and O–H groups in total. The van der Waals surface area contributed by atoms with Crippen molar-refractivity contribution in [3.63, 3.8) is 0 Å². The monoisotopic (exact) mass is 400 g/mol. The first kappa shape index (κ1) is 22.0. The summed E-state index contributed by atoms with van der Waals surface area (Å²) < 4.78 is 0. The second kappa shape index (κ2) is 9.88. The molecule has 0 aromatic rings. The summed E-state index contributed by atoms with van der Waals surface area (Å²) in [6.07, 6.45) is 24.3. The third-order valence-corrected chi connectivity index (χ3v) is 11.9. The van der Waals surface area contributed by atoms with Crippen molar-refractivity contribution >= 4 is 10.0 Å². The first-order valence-corrected chi connectivity index (χ1v) is 14.0. The van der Waals surface area contributed by atoms with E-state index in [1.165, 1.54) is 50.7 Å². The van der Waals surface area contributed by atoms with Gasteiger partial charge in [0.25, 0.3) is 0 Å². The molecule has 1 heteroatoms. The van der Waals surface area contributed by atoms with Crippen LogP contribution >= 0.6 is 10.0 Å². The van der Waals surface area contributed by atoms with E-state index in [1.54, 1.807) is 5.57 Å². The number of fused-ring (bicyclic) bond motifs is 3. The van der Waals surface area contributed by atoms with Crippen molar-refractivity contribution in [2.24, 2.45) is 23.7 Å². The van der Waals surface area contributed by atoms with Crippen LogP contribution in [0.2, 0.25) is 0 Å². The Bertz CT molecular complexity index is 624. The van der Waals surface area contributed by atoms with Crippen LogP contribution < -0.4 is 0 Å². The van der Waals surface area contributed by atoms with Gasteiger partial charge in [0.1, 0.15) is 0 Å². The summed E-state index contributed by atoms with van der Waals surface area (Å²) in [4.78, 5) is 0. The van der Waals surface area contributed by atoms with E-state index in [0.717, 1.165) is 28.3 Å². The predicted molar refractivity (Wildman–Crippen MR) is 130 cm³/mol. The Kier molecular flexibility index (Phi) is 7.76. The van der Waals surface area contributed by atoms with Gasteiger partial charge in [-0.3, -0.25) is 0 Å². The molecule has 28 heavy (non-hydrogen) atoms. The van der Waals surface area contributed by atoms with E-state index in [1.807, 2.05) is 0 Å². The number of allylic oxidation sites excluding steroid dienone is 6. The Morgan fingerprint density at radius 3 is 2.57 bits per heavy atom. The summed E-state index contributed by atoms with van der Waals surface area (Å²) in [7, 11) is -0.415. The van der Waals surface area contributed by atoms with Crippen LogP contribution in [-0.2, 0) is 0 Å². The second-order valence-corrected chi connectivity index (χ2v) is 13.4. The second-order valence-electron chi connectivity index (χ2n) is 9.85. The third-order valence-electron chi connectivity index (χ3n) is 7.44. The normalized spacial score (nSPS) is 36.6. The average molecular weight is 401 g/mol. The summed E-state index contributed by atoms with van der Waals surface area (Å²) in [5.74, 6) is 4.52. The predicted octanol–water partition coefficient (Wildman–Crippen LogP) is 8.42. The summed E-state index contributed by atoms with van der Waals surface area (Å²) in [5, 5.41) is 4.67. The smallest absolute Gasteiger partial charge is 0.0216 e. The summed E-state index contributed by atoms with van der Waals surface area (Å²) in [5.41, 5.74) is 1.66. The van der Waals surface area contributed by atoms with Gasteiger partial charge in [-0.15, -0.1) is 0 Å². The molecule has 1 fully saturated rings. The lowest BCUT2D eigenvalue weighted by Crippen LogP contribution is -2.16. The van der Waals surface area contributed by atoms with Crippen molar-refractivity contribution < 1.29 is 0 Å². The SMILES string of the molecule is CCCC(C)C=CCC(C(C)=CCC(C)CCC)C1C=CS2(C1)C1C=CCC12. The Labute approximate surface area is 177 Å². The standard InChI is InChI=1S/C27H44S/c1-6-10-21(3)12-8-13-25(23(5)17-16-22(4)11-7-2)24-18-19-28(20-24)26-14-9-15-27(26)28/h8-9,12,14,17-19,21-22,24-27H,6-7,10-11,13,15-16,20H2,1-5H3. The molecule has 0 nitrogen and oxygen atoms in total. The molecule has 0 amide bonds. The van der Waals surface area contributed by atoms with Gasteiger partial charge in [0.15, 0.2) is 0 Å². The highest BCUT2D eigenvalue weighted by atomic mass is 32.3. The van der Waals surface area contributed by atoms with Gasteiger partial charge < -0.3 is 0 Å². The first-order chi connectivity index (χ1) is 13.5. The fourth-order valence-electron chi connectivity index (χ4n) is 5.61. The van der Waals surface area contributed by atoms with Crippen LogP contribution in [-0.4, -0.2) is 16.3 Å². The highest BCUT2D eigenvalue weighted by Gasteiger charge is 2.60. The van der Waals surface area contributed by atoms with Gasteiger partial charge in [-0.25, -0.2) is 10.0 Å². The topological polar surface area (TPSA) is 0 Å². The van der Waals surface area contributed by atoms with E-state index >= 15 is 0 Å². The van der Waals surface area contributed by atoms with Crippen molar-refractivity contribution in [1.29, 1.82) is 0 Å². The fraction of sp³-hybridized carbons (Fsp3) is 0.704. The quantitative estimate of drug-likeness (QED) is 0.241. The first-order valence-electron chi connectivity index (χ1n) is 12.0. The van der Waals surface area contributed by atoms with Crippen molar-refractivity contribution in [3.05, 3.63) is 47.4 Å². The summed E-state index contributed by atoms with van der Waals surface area (Å²) in [6, 6.07) is 0. The van der Waals surface area contributed by atoms with Crippen molar-refractivity contribution in [2.75, 3.05) is 5.75 Å². The van der Waals surface area contributed by atoms with Crippen molar-refractivity contribution in [3.8, 4) is 0 Å². The molecule has 1 saturated heterocycles. The van der Waals surface area contributed by atoms with E-state index in [-0.39, 0.29) is 0 Å². The molecule has 0 aromatic heterocycles. The lowest BCUT2D eigenvalue weighted by Gasteiger charge is -2.26. The highest BCUT2D eigenvalue weighted by Crippen LogP contribution is 2.82. The Hall–Kier alpha value is -0.690. The number of rotatable bonds is 11. The van der Waals surface area contributed by atoms with Gasteiger partial charge in [0, 0.05) is 10.5 Å². The molecule has 7 atom stereocenters. The zero-order valence-electron chi connectivity index (χ0n) is 19.1. The fourth-order valence-corrected chi connectivity index (χ4v) is 10.5. The van der Waals surface area contributed by atoms with Crippen LogP contribution in [0.3, 0.4) is 0 Å². The minimum absolute atomic E-state index is 0.415. The Morgan fingerprint density at radius 2 is 1.89 bits per heavy atom. The molecule has 1 spiro atoms. The Balaban J connectivity index is 1.65. The average Bonchev–Trinajstić information content (AvgIpc) is 3.06. The molecular weight excluding hydrogens is 356 g/mol. The molecule has 7 unspecified atom stereocenters. The van der Waals surface area contributed by atoms with Crippen LogP contribution in [0.25, 0.3) is 0 Å². The molecule has 0 bridgehead atoms. The molecule has 3 aliphatic rings. The van der Waals surface area contributed by atoms with Crippen LogP contribution in [0.1, 0.15) is 79.6 Å². The van der Waals surface area contributed by atoms with E-state index in [2.05, 4.69) is 76.5 Å². The van der Waals surface area contributed by atoms with Gasteiger partial charge in [0.2, 0.25) is 0 Å². The van der Waals surface area contributed by atoms with E-state index < -0.39 is 10.0 Å². The maximum atomic E-state index is 2.71. The zero-order chi connectivity index (χ0) is 20.1. The molecule has 3 rings (SSSR count). The minimum atomic E-state index is -0.415. The zero-order valence-corrected chi connectivity index (χ0v) is 19.9. The van der Waals surface area contributed by atoms with Gasteiger partial charge in [-0.05, 0) is 67.4 Å². The van der Waals surface area contributed by atoms with E-state index in [9.17, 15) is 0 Å². The molecule has 0 aromatic carbocycles.